The maximum Gasteiger partial charge on any atom is 0.329 e. The molecule has 0 aliphatic carbocycles. The van der Waals surface area contributed by atoms with E-state index in [1.807, 2.05) is 19.9 Å². The summed E-state index contributed by atoms with van der Waals surface area (Å²) in [5.41, 5.74) is 3.94. The molecule has 0 fully saturated rings. The van der Waals surface area contributed by atoms with Crippen molar-refractivity contribution in [2.75, 3.05) is 23.3 Å². The highest BCUT2D eigenvalue weighted by molar-refractivity contribution is 6.70. The van der Waals surface area contributed by atoms with Gasteiger partial charge in [0.15, 0.2) is 0 Å². The molecule has 0 amide bonds. The molecule has 1 atom stereocenters. The van der Waals surface area contributed by atoms with Crippen molar-refractivity contribution in [1.82, 2.24) is 15.0 Å². The number of pyridine rings is 1. The van der Waals surface area contributed by atoms with Crippen LogP contribution in [0.5, 0.6) is 0 Å². The van der Waals surface area contributed by atoms with Crippen LogP contribution in [0.4, 0.5) is 17.3 Å². The SMILES string of the molecule is Cc1ncc(Cl)cc1Nc1nccc(-c2cc(C#N)c3c(c2)C(C)(CO)CN3[B]C=O)n1. The van der Waals surface area contributed by atoms with Crippen LogP contribution >= 0.6 is 11.6 Å². The van der Waals surface area contributed by atoms with Gasteiger partial charge in [-0.25, -0.2) is 9.97 Å². The number of carbonyl (C=O) groups excluding carboxylic acids is 1. The number of aliphatic hydroxyl groups is 1. The second kappa shape index (κ2) is 8.57. The topological polar surface area (TPSA) is 115 Å². The number of aliphatic hydroxyl groups excluding tert-OH is 1. The number of aryl methyl sites for hydroxylation is 1. The van der Waals surface area contributed by atoms with Crippen LogP contribution in [0.2, 0.25) is 5.02 Å². The van der Waals surface area contributed by atoms with E-state index in [4.69, 9.17) is 11.6 Å². The molecule has 1 radical (unpaired) electrons. The molecule has 159 valence electrons. The van der Waals surface area contributed by atoms with E-state index in [-0.39, 0.29) is 6.61 Å². The van der Waals surface area contributed by atoms with Gasteiger partial charge in [0, 0.05) is 35.6 Å². The number of benzene rings is 1. The third-order valence-electron chi connectivity index (χ3n) is 5.53. The van der Waals surface area contributed by atoms with E-state index in [1.165, 1.54) is 7.41 Å². The normalized spacial score (nSPS) is 16.9. The molecule has 8 nitrogen and oxygen atoms in total. The van der Waals surface area contributed by atoms with Crippen molar-refractivity contribution in [2.45, 2.75) is 19.3 Å². The summed E-state index contributed by atoms with van der Waals surface area (Å²) >= 11 is 6.05. The summed E-state index contributed by atoms with van der Waals surface area (Å²) in [4.78, 5) is 25.9. The van der Waals surface area contributed by atoms with E-state index in [1.54, 1.807) is 35.4 Å². The summed E-state index contributed by atoms with van der Waals surface area (Å²) in [6, 6.07) is 9.34. The lowest BCUT2D eigenvalue weighted by Crippen LogP contribution is -2.36. The lowest BCUT2D eigenvalue weighted by atomic mass is 9.83. The van der Waals surface area contributed by atoms with E-state index >= 15 is 0 Å². The van der Waals surface area contributed by atoms with E-state index in [0.29, 0.717) is 51.9 Å². The molecule has 1 aromatic carbocycles. The lowest BCUT2D eigenvalue weighted by Gasteiger charge is -2.23. The zero-order valence-corrected chi connectivity index (χ0v) is 18.3. The average molecular weight is 446 g/mol. The molecule has 4 rings (SSSR count). The van der Waals surface area contributed by atoms with Gasteiger partial charge in [-0.2, -0.15) is 5.26 Å². The first-order valence-corrected chi connectivity index (χ1v) is 10.2. The van der Waals surface area contributed by atoms with E-state index < -0.39 is 5.41 Å². The Kier molecular flexibility index (Phi) is 5.83. The Morgan fingerprint density at radius 1 is 1.41 bits per heavy atom. The number of rotatable bonds is 6. The Labute approximate surface area is 191 Å². The summed E-state index contributed by atoms with van der Waals surface area (Å²) in [6.07, 6.45) is 3.86. The van der Waals surface area contributed by atoms with Gasteiger partial charge in [-0.1, -0.05) is 18.5 Å². The standard InChI is InChI=1S/C22H19BClN6O2/c1-13-19(7-16(24)9-27-13)29-21-26-4-3-18(28-21)14-5-15(8-25)20-17(6-14)22(2,11-31)10-30(20)23-12-32/h3-7,9,12,31H,10-11H2,1-2H3,(H,26,28,29). The van der Waals surface area contributed by atoms with Gasteiger partial charge >= 0.3 is 7.41 Å². The number of fused-ring (bicyclic) bond motifs is 1. The van der Waals surface area contributed by atoms with Gasteiger partial charge in [0.2, 0.25) is 5.95 Å². The summed E-state index contributed by atoms with van der Waals surface area (Å²) in [6.45, 7) is 4.01. The van der Waals surface area contributed by atoms with Crippen molar-refractivity contribution in [2.24, 2.45) is 0 Å². The molecule has 1 aliphatic heterocycles. The minimum Gasteiger partial charge on any atom is -0.410 e. The van der Waals surface area contributed by atoms with Gasteiger partial charge in [-0.15, -0.1) is 0 Å². The zero-order valence-electron chi connectivity index (χ0n) is 17.5. The Hall–Kier alpha value is -3.48. The molecule has 1 aliphatic rings. The van der Waals surface area contributed by atoms with Crippen LogP contribution in [0.15, 0.2) is 36.7 Å². The third kappa shape index (κ3) is 3.90. The Morgan fingerprint density at radius 2 is 2.22 bits per heavy atom. The quantitative estimate of drug-likeness (QED) is 0.439. The van der Waals surface area contributed by atoms with Crippen LogP contribution < -0.4 is 10.1 Å². The van der Waals surface area contributed by atoms with Gasteiger partial charge in [-0.3, -0.25) is 4.98 Å². The Balaban J connectivity index is 1.78. The van der Waals surface area contributed by atoms with Gasteiger partial charge in [0.05, 0.1) is 34.3 Å². The van der Waals surface area contributed by atoms with Crippen molar-refractivity contribution in [1.29, 1.82) is 5.26 Å². The molecular weight excluding hydrogens is 427 g/mol. The molecule has 0 saturated heterocycles. The summed E-state index contributed by atoms with van der Waals surface area (Å²) in [7, 11) is 1.38. The van der Waals surface area contributed by atoms with Crippen LogP contribution in [0.25, 0.3) is 11.3 Å². The number of aromatic nitrogens is 3. The largest absolute Gasteiger partial charge is 0.410 e. The van der Waals surface area contributed by atoms with E-state index in [0.717, 1.165) is 11.3 Å². The van der Waals surface area contributed by atoms with E-state index in [9.17, 15) is 15.2 Å². The van der Waals surface area contributed by atoms with Crippen molar-refractivity contribution < 1.29 is 9.90 Å². The summed E-state index contributed by atoms with van der Waals surface area (Å²) in [5, 5.41) is 23.5. The Bertz CT molecular complexity index is 1250. The molecular formula is C22H19BClN6O2. The van der Waals surface area contributed by atoms with Gasteiger partial charge in [0.25, 0.3) is 0 Å². The predicted molar refractivity (Wildman–Crippen MR) is 124 cm³/mol. The molecule has 3 heterocycles. The predicted octanol–water partition coefficient (Wildman–Crippen LogP) is 3.00. The molecule has 0 saturated carbocycles. The number of nitriles is 1. The fraction of sp³-hybridized carbons (Fsp3) is 0.227. The molecule has 1 unspecified atom stereocenters. The molecule has 0 bridgehead atoms. The first kappa shape index (κ1) is 21.7. The van der Waals surface area contributed by atoms with Crippen LogP contribution in [-0.2, 0) is 10.2 Å². The van der Waals surface area contributed by atoms with Crippen LogP contribution in [0.3, 0.4) is 0 Å². The maximum atomic E-state index is 11.1. The summed E-state index contributed by atoms with van der Waals surface area (Å²) in [5.74, 6) is 0.356. The number of carbonyl (C=O) groups is 1. The maximum absolute atomic E-state index is 11.1. The smallest absolute Gasteiger partial charge is 0.329 e. The van der Waals surface area contributed by atoms with Gasteiger partial charge in [0.1, 0.15) is 12.3 Å². The molecule has 32 heavy (non-hydrogen) atoms. The minimum absolute atomic E-state index is 0.130. The van der Waals surface area contributed by atoms with Crippen molar-refractivity contribution in [3.05, 3.63) is 58.5 Å². The molecule has 3 aromatic rings. The third-order valence-corrected chi connectivity index (χ3v) is 5.73. The highest BCUT2D eigenvalue weighted by Gasteiger charge is 2.40. The number of nitrogens with zero attached hydrogens (tertiary/aromatic N) is 5. The number of nitrogens with one attached hydrogen (secondary N) is 1. The van der Waals surface area contributed by atoms with Crippen LogP contribution in [0, 0.1) is 18.3 Å². The van der Waals surface area contributed by atoms with Crippen LogP contribution in [-0.4, -0.2) is 46.8 Å². The molecule has 2 aromatic heterocycles. The monoisotopic (exact) mass is 445 g/mol. The highest BCUT2D eigenvalue weighted by Crippen LogP contribution is 2.44. The number of hydrogen-bond acceptors (Lipinski definition) is 8. The van der Waals surface area contributed by atoms with E-state index in [2.05, 4.69) is 26.3 Å². The first-order valence-electron chi connectivity index (χ1n) is 9.86. The number of hydrogen-bond donors (Lipinski definition) is 2. The number of halogens is 1. The van der Waals surface area contributed by atoms with Gasteiger partial charge < -0.3 is 20.0 Å². The second-order valence-corrected chi connectivity index (χ2v) is 8.28. The van der Waals surface area contributed by atoms with Crippen LogP contribution in [0.1, 0.15) is 23.7 Å². The van der Waals surface area contributed by atoms with Gasteiger partial charge in [-0.05, 0) is 36.8 Å². The molecule has 2 N–H and O–H groups in total. The summed E-state index contributed by atoms with van der Waals surface area (Å²) < 4.78 is 0. The average Bonchev–Trinajstić information content (AvgIpc) is 3.08. The Morgan fingerprint density at radius 3 is 2.94 bits per heavy atom. The zero-order chi connectivity index (χ0) is 22.9. The molecule has 10 heteroatoms. The lowest BCUT2D eigenvalue weighted by molar-refractivity contribution is 0.217. The highest BCUT2D eigenvalue weighted by atomic mass is 35.5. The van der Waals surface area contributed by atoms with Crippen molar-refractivity contribution >= 4 is 42.5 Å². The minimum atomic E-state index is -0.631. The fourth-order valence-corrected chi connectivity index (χ4v) is 4.01. The molecule has 0 spiro atoms. The number of anilines is 3. The second-order valence-electron chi connectivity index (χ2n) is 7.84. The van der Waals surface area contributed by atoms with Crippen molar-refractivity contribution in [3.8, 4) is 17.3 Å². The van der Waals surface area contributed by atoms with Crippen molar-refractivity contribution in [3.63, 3.8) is 0 Å². The fourth-order valence-electron chi connectivity index (χ4n) is 3.85. The first-order chi connectivity index (χ1) is 15.4.